The van der Waals surface area contributed by atoms with Crippen LogP contribution in [0.25, 0.3) is 10.8 Å². The largest absolute Gasteiger partial charge is 0.331 e. The number of thiocarbonyl (C=S) groups is 1. The number of nitrogens with one attached hydrogen (secondary N) is 2. The minimum absolute atomic E-state index is 0.00603. The molecular weight excluding hydrogens is 365 g/mol. The van der Waals surface area contributed by atoms with Crippen molar-refractivity contribution in [2.75, 3.05) is 5.32 Å². The van der Waals surface area contributed by atoms with Crippen LogP contribution in [0.5, 0.6) is 0 Å². The number of rotatable bonds is 2. The van der Waals surface area contributed by atoms with Gasteiger partial charge in [-0.25, -0.2) is 4.39 Å². The van der Waals surface area contributed by atoms with E-state index in [1.165, 1.54) is 6.07 Å². The number of carbonyl (C=O) groups excluding carboxylic acids is 2. The van der Waals surface area contributed by atoms with Gasteiger partial charge in [0.1, 0.15) is 5.82 Å². The average Bonchev–Trinajstić information content (AvgIpc) is 2.66. The Hall–Kier alpha value is -3.32. The first kappa shape index (κ1) is 17.1. The summed E-state index contributed by atoms with van der Waals surface area (Å²) in [6, 6.07) is 15.1. The lowest BCUT2D eigenvalue weighted by molar-refractivity contribution is 0.0568. The summed E-state index contributed by atoms with van der Waals surface area (Å²) in [7, 11) is 0. The van der Waals surface area contributed by atoms with Crippen molar-refractivity contribution >= 4 is 45.6 Å². The second-order valence-corrected chi connectivity index (χ2v) is 6.59. The standard InChI is InChI=1S/C20H14FN3O2S/c1-11-8-9-13(10-16(11)21)22-20(27)23-24-18(25)14-6-2-4-12-5-3-7-15(17(12)14)19(24)26/h2-10H,1H3,(H2,22,23,27). The smallest absolute Gasteiger partial charge is 0.280 e. The molecule has 134 valence electrons. The van der Waals surface area contributed by atoms with Gasteiger partial charge in [-0.05, 0) is 54.4 Å². The van der Waals surface area contributed by atoms with E-state index in [9.17, 15) is 14.0 Å². The van der Waals surface area contributed by atoms with Crippen molar-refractivity contribution in [2.24, 2.45) is 0 Å². The summed E-state index contributed by atoms with van der Waals surface area (Å²) >= 11 is 5.19. The van der Waals surface area contributed by atoms with Crippen LogP contribution in [0.2, 0.25) is 0 Å². The molecule has 27 heavy (non-hydrogen) atoms. The minimum atomic E-state index is -0.497. The van der Waals surface area contributed by atoms with Crippen LogP contribution >= 0.6 is 12.2 Å². The van der Waals surface area contributed by atoms with Crippen LogP contribution < -0.4 is 10.7 Å². The molecule has 0 aromatic heterocycles. The number of anilines is 1. The number of imide groups is 1. The van der Waals surface area contributed by atoms with Crippen molar-refractivity contribution in [3.8, 4) is 0 Å². The highest BCUT2D eigenvalue weighted by Gasteiger charge is 2.33. The predicted molar refractivity (Wildman–Crippen MR) is 105 cm³/mol. The van der Waals surface area contributed by atoms with Crippen LogP contribution in [0.4, 0.5) is 10.1 Å². The molecule has 1 aliphatic rings. The first-order valence-corrected chi connectivity index (χ1v) is 8.61. The number of hydrazine groups is 1. The molecule has 0 saturated carbocycles. The summed E-state index contributed by atoms with van der Waals surface area (Å²) in [6.07, 6.45) is 0. The molecule has 0 radical (unpaired) electrons. The number of carbonyl (C=O) groups is 2. The van der Waals surface area contributed by atoms with Gasteiger partial charge >= 0.3 is 0 Å². The monoisotopic (exact) mass is 379 g/mol. The Kier molecular flexibility index (Phi) is 4.08. The first-order valence-electron chi connectivity index (χ1n) is 8.20. The fourth-order valence-corrected chi connectivity index (χ4v) is 3.27. The van der Waals surface area contributed by atoms with Gasteiger partial charge in [-0.2, -0.15) is 5.01 Å². The lowest BCUT2D eigenvalue weighted by Crippen LogP contribution is -2.52. The first-order chi connectivity index (χ1) is 13.0. The quantitative estimate of drug-likeness (QED) is 0.524. The number of hydrogen-bond acceptors (Lipinski definition) is 3. The van der Waals surface area contributed by atoms with Gasteiger partial charge in [0.15, 0.2) is 5.11 Å². The second kappa shape index (κ2) is 6.44. The fourth-order valence-electron chi connectivity index (χ4n) is 3.06. The molecule has 1 heterocycles. The highest BCUT2D eigenvalue weighted by Crippen LogP contribution is 2.29. The van der Waals surface area contributed by atoms with Crippen LogP contribution in [0.3, 0.4) is 0 Å². The normalized spacial score (nSPS) is 13.0. The lowest BCUT2D eigenvalue weighted by Gasteiger charge is -2.28. The van der Waals surface area contributed by atoms with Gasteiger partial charge in [-0.1, -0.05) is 30.3 Å². The van der Waals surface area contributed by atoms with Crippen LogP contribution in [0.15, 0.2) is 54.6 Å². The summed E-state index contributed by atoms with van der Waals surface area (Å²) < 4.78 is 13.7. The highest BCUT2D eigenvalue weighted by atomic mass is 32.1. The average molecular weight is 379 g/mol. The Morgan fingerprint density at radius 2 is 1.63 bits per heavy atom. The third-order valence-corrected chi connectivity index (χ3v) is 4.61. The summed E-state index contributed by atoms with van der Waals surface area (Å²) in [6.45, 7) is 1.65. The zero-order valence-electron chi connectivity index (χ0n) is 14.2. The molecule has 0 unspecified atom stereocenters. The van der Waals surface area contributed by atoms with E-state index in [1.54, 1.807) is 43.3 Å². The van der Waals surface area contributed by atoms with Gasteiger partial charge in [-0.3, -0.25) is 15.0 Å². The zero-order chi connectivity index (χ0) is 19.1. The lowest BCUT2D eigenvalue weighted by atomic mass is 9.95. The van der Waals surface area contributed by atoms with Crippen LogP contribution in [0, 0.1) is 12.7 Å². The second-order valence-electron chi connectivity index (χ2n) is 6.18. The molecule has 0 aliphatic carbocycles. The number of benzene rings is 3. The predicted octanol–water partition coefficient (Wildman–Crippen LogP) is 3.78. The van der Waals surface area contributed by atoms with E-state index in [-0.39, 0.29) is 10.9 Å². The summed E-state index contributed by atoms with van der Waals surface area (Å²) in [4.78, 5) is 25.6. The molecule has 3 aromatic rings. The van der Waals surface area contributed by atoms with E-state index >= 15 is 0 Å². The molecule has 4 rings (SSSR count). The van der Waals surface area contributed by atoms with Gasteiger partial charge in [-0.15, -0.1) is 0 Å². The van der Waals surface area contributed by atoms with Crippen LogP contribution in [-0.2, 0) is 0 Å². The van der Waals surface area contributed by atoms with Crippen molar-refractivity contribution < 1.29 is 14.0 Å². The molecule has 0 atom stereocenters. The maximum atomic E-state index is 13.7. The van der Waals surface area contributed by atoms with Crippen molar-refractivity contribution in [2.45, 2.75) is 6.92 Å². The minimum Gasteiger partial charge on any atom is -0.331 e. The Bertz CT molecular complexity index is 1080. The molecule has 7 heteroatoms. The zero-order valence-corrected chi connectivity index (χ0v) is 15.1. The van der Waals surface area contributed by atoms with Gasteiger partial charge in [0, 0.05) is 11.1 Å². The summed E-state index contributed by atoms with van der Waals surface area (Å²) in [5, 5.41) is 5.11. The van der Waals surface area contributed by atoms with Gasteiger partial charge in [0.05, 0.1) is 11.1 Å². The van der Waals surface area contributed by atoms with E-state index in [2.05, 4.69) is 10.7 Å². The van der Waals surface area contributed by atoms with E-state index in [4.69, 9.17) is 12.2 Å². The molecule has 2 N–H and O–H groups in total. The Morgan fingerprint density at radius 3 is 2.22 bits per heavy atom. The molecule has 0 spiro atoms. The van der Waals surface area contributed by atoms with E-state index in [0.717, 1.165) is 10.4 Å². The van der Waals surface area contributed by atoms with Crippen molar-refractivity contribution in [3.05, 3.63) is 77.1 Å². The highest BCUT2D eigenvalue weighted by molar-refractivity contribution is 7.80. The van der Waals surface area contributed by atoms with Crippen LogP contribution in [-0.4, -0.2) is 21.9 Å². The fraction of sp³-hybridized carbons (Fsp3) is 0.0500. The molecule has 0 fully saturated rings. The molecule has 5 nitrogen and oxygen atoms in total. The maximum Gasteiger partial charge on any atom is 0.280 e. The van der Waals surface area contributed by atoms with E-state index in [0.29, 0.717) is 27.8 Å². The Morgan fingerprint density at radius 1 is 1.00 bits per heavy atom. The Labute approximate surface area is 159 Å². The molecule has 2 amide bonds. The van der Waals surface area contributed by atoms with Crippen molar-refractivity contribution in [3.63, 3.8) is 0 Å². The summed E-state index contributed by atoms with van der Waals surface area (Å²) in [5.41, 5.74) is 4.37. The number of hydrogen-bond donors (Lipinski definition) is 2. The molecular formula is C20H14FN3O2S. The van der Waals surface area contributed by atoms with Gasteiger partial charge in [0.25, 0.3) is 11.8 Å². The topological polar surface area (TPSA) is 61.4 Å². The van der Waals surface area contributed by atoms with E-state index < -0.39 is 11.8 Å². The van der Waals surface area contributed by atoms with E-state index in [1.807, 2.05) is 12.1 Å². The van der Waals surface area contributed by atoms with Gasteiger partial charge in [0.2, 0.25) is 0 Å². The molecule has 3 aromatic carbocycles. The molecule has 1 aliphatic heterocycles. The summed E-state index contributed by atoms with van der Waals surface area (Å²) in [5.74, 6) is -1.37. The van der Waals surface area contributed by atoms with Crippen molar-refractivity contribution in [1.82, 2.24) is 10.4 Å². The number of halogens is 1. The number of amides is 2. The number of nitrogens with zero attached hydrogens (tertiary/aromatic N) is 1. The third-order valence-electron chi connectivity index (χ3n) is 4.41. The SMILES string of the molecule is Cc1ccc(NC(=S)NN2C(=O)c3cccc4cccc(c34)C2=O)cc1F. The number of aryl methyl sites for hydroxylation is 1. The molecule has 0 saturated heterocycles. The van der Waals surface area contributed by atoms with Crippen LogP contribution in [0.1, 0.15) is 26.3 Å². The maximum absolute atomic E-state index is 13.7. The van der Waals surface area contributed by atoms with Gasteiger partial charge < -0.3 is 5.32 Å². The molecule has 0 bridgehead atoms. The van der Waals surface area contributed by atoms with Crippen molar-refractivity contribution in [1.29, 1.82) is 0 Å². The Balaban J connectivity index is 1.61. The third kappa shape index (κ3) is 2.92.